The maximum Gasteiger partial charge on any atom is 0.322 e. The van der Waals surface area contributed by atoms with Crippen LogP contribution in [0.3, 0.4) is 0 Å². The van der Waals surface area contributed by atoms with E-state index in [0.717, 1.165) is 29.9 Å². The Labute approximate surface area is 140 Å². The molecule has 1 saturated heterocycles. The van der Waals surface area contributed by atoms with E-state index in [1.165, 1.54) is 18.6 Å². The van der Waals surface area contributed by atoms with Crippen molar-refractivity contribution in [1.29, 1.82) is 0 Å². The molecule has 2 aromatic carbocycles. The van der Waals surface area contributed by atoms with E-state index in [9.17, 15) is 9.18 Å². The maximum absolute atomic E-state index is 13.0. The third-order valence-electron chi connectivity index (χ3n) is 4.85. The van der Waals surface area contributed by atoms with Crippen molar-refractivity contribution in [3.63, 3.8) is 0 Å². The number of hydrogen-bond acceptors (Lipinski definition) is 2. The lowest BCUT2D eigenvalue weighted by molar-refractivity contribution is 0.245. The van der Waals surface area contributed by atoms with Crippen molar-refractivity contribution in [2.75, 3.05) is 22.9 Å². The SMILES string of the molecule is O=C(NCc1ccc(F)cc1)N1CC2CCCN2c2ccccc21. The lowest BCUT2D eigenvalue weighted by Gasteiger charge is -2.40. The molecule has 1 atom stereocenters. The van der Waals surface area contributed by atoms with Gasteiger partial charge in [0, 0.05) is 25.7 Å². The fourth-order valence-corrected chi connectivity index (χ4v) is 3.65. The number of nitrogens with zero attached hydrogens (tertiary/aromatic N) is 2. The van der Waals surface area contributed by atoms with Crippen molar-refractivity contribution in [3.8, 4) is 0 Å². The molecule has 0 aliphatic carbocycles. The van der Waals surface area contributed by atoms with Crippen LogP contribution < -0.4 is 15.1 Å². The number of carbonyl (C=O) groups is 1. The van der Waals surface area contributed by atoms with E-state index in [-0.39, 0.29) is 11.8 Å². The van der Waals surface area contributed by atoms with Crippen molar-refractivity contribution in [3.05, 3.63) is 59.9 Å². The van der Waals surface area contributed by atoms with Crippen molar-refractivity contribution in [2.24, 2.45) is 0 Å². The molecule has 0 aromatic heterocycles. The molecule has 1 N–H and O–H groups in total. The molecule has 4 rings (SSSR count). The minimum absolute atomic E-state index is 0.0988. The lowest BCUT2D eigenvalue weighted by atomic mass is 10.1. The monoisotopic (exact) mass is 325 g/mol. The Morgan fingerprint density at radius 1 is 1.12 bits per heavy atom. The summed E-state index contributed by atoms with van der Waals surface area (Å²) in [5, 5.41) is 2.95. The fourth-order valence-electron chi connectivity index (χ4n) is 3.65. The minimum Gasteiger partial charge on any atom is -0.365 e. The van der Waals surface area contributed by atoms with Crippen molar-refractivity contribution in [2.45, 2.75) is 25.4 Å². The van der Waals surface area contributed by atoms with E-state index in [1.807, 2.05) is 23.1 Å². The lowest BCUT2D eigenvalue weighted by Crippen LogP contribution is -2.51. The quantitative estimate of drug-likeness (QED) is 0.917. The van der Waals surface area contributed by atoms with E-state index < -0.39 is 0 Å². The molecular formula is C19H20FN3O. The molecule has 2 aliphatic rings. The summed E-state index contributed by atoms with van der Waals surface area (Å²) in [4.78, 5) is 17.0. The smallest absolute Gasteiger partial charge is 0.322 e. The number of hydrogen-bond donors (Lipinski definition) is 1. The van der Waals surface area contributed by atoms with Crippen LogP contribution in [0.15, 0.2) is 48.5 Å². The Hall–Kier alpha value is -2.56. The summed E-state index contributed by atoms with van der Waals surface area (Å²) in [6.45, 7) is 2.17. The Balaban J connectivity index is 1.51. The topological polar surface area (TPSA) is 35.6 Å². The number of para-hydroxylation sites is 2. The van der Waals surface area contributed by atoms with Crippen LogP contribution >= 0.6 is 0 Å². The predicted molar refractivity (Wildman–Crippen MR) is 92.8 cm³/mol. The third kappa shape index (κ3) is 2.70. The van der Waals surface area contributed by atoms with Gasteiger partial charge in [0.2, 0.25) is 0 Å². The van der Waals surface area contributed by atoms with Gasteiger partial charge in [-0.05, 0) is 42.7 Å². The van der Waals surface area contributed by atoms with E-state index in [0.29, 0.717) is 19.1 Å². The second-order valence-corrected chi connectivity index (χ2v) is 6.37. The summed E-state index contributed by atoms with van der Waals surface area (Å²) in [7, 11) is 0. The largest absolute Gasteiger partial charge is 0.365 e. The molecule has 0 spiro atoms. The van der Waals surface area contributed by atoms with Crippen LogP contribution in [0.2, 0.25) is 0 Å². The number of fused-ring (bicyclic) bond motifs is 3. The summed E-state index contributed by atoms with van der Waals surface area (Å²) in [5.74, 6) is -0.267. The summed E-state index contributed by atoms with van der Waals surface area (Å²) >= 11 is 0. The first-order valence-corrected chi connectivity index (χ1v) is 8.38. The Bertz CT molecular complexity index is 747. The Morgan fingerprint density at radius 3 is 2.67 bits per heavy atom. The highest BCUT2D eigenvalue weighted by Gasteiger charge is 2.35. The van der Waals surface area contributed by atoms with Gasteiger partial charge in [-0.25, -0.2) is 9.18 Å². The molecule has 0 bridgehead atoms. The molecule has 1 unspecified atom stereocenters. The number of halogens is 1. The van der Waals surface area contributed by atoms with Crippen LogP contribution in [0.4, 0.5) is 20.6 Å². The molecule has 2 heterocycles. The molecular weight excluding hydrogens is 305 g/mol. The molecule has 5 heteroatoms. The first-order valence-electron chi connectivity index (χ1n) is 8.38. The van der Waals surface area contributed by atoms with Crippen molar-refractivity contribution in [1.82, 2.24) is 5.32 Å². The van der Waals surface area contributed by atoms with Crippen molar-refractivity contribution >= 4 is 17.4 Å². The molecule has 0 radical (unpaired) electrons. The molecule has 24 heavy (non-hydrogen) atoms. The maximum atomic E-state index is 13.0. The molecule has 1 fully saturated rings. The Kier molecular flexibility index (Phi) is 3.84. The van der Waals surface area contributed by atoms with Gasteiger partial charge >= 0.3 is 6.03 Å². The summed E-state index contributed by atoms with van der Waals surface area (Å²) in [6, 6.07) is 14.6. The second-order valence-electron chi connectivity index (χ2n) is 6.37. The standard InChI is InChI=1S/C19H20FN3O/c20-15-9-7-14(8-10-15)12-21-19(24)23-13-16-4-3-11-22(16)17-5-1-2-6-18(17)23/h1-2,5-10,16H,3-4,11-13H2,(H,21,24). The highest BCUT2D eigenvalue weighted by molar-refractivity contribution is 5.97. The number of carbonyl (C=O) groups excluding carboxylic acids is 1. The van der Waals surface area contributed by atoms with E-state index >= 15 is 0 Å². The predicted octanol–water partition coefficient (Wildman–Crippen LogP) is 3.52. The number of rotatable bonds is 2. The highest BCUT2D eigenvalue weighted by Crippen LogP contribution is 2.39. The van der Waals surface area contributed by atoms with Crippen LogP contribution in [0.25, 0.3) is 0 Å². The summed E-state index contributed by atoms with van der Waals surface area (Å²) in [5.41, 5.74) is 2.99. The fraction of sp³-hybridized carbons (Fsp3) is 0.316. The van der Waals surface area contributed by atoms with Gasteiger partial charge < -0.3 is 10.2 Å². The van der Waals surface area contributed by atoms with Gasteiger partial charge in [0.05, 0.1) is 11.4 Å². The Morgan fingerprint density at radius 2 is 1.88 bits per heavy atom. The molecule has 0 saturated carbocycles. The van der Waals surface area contributed by atoms with Crippen LogP contribution in [-0.2, 0) is 6.54 Å². The number of benzene rings is 2. The molecule has 2 aliphatic heterocycles. The molecule has 2 amide bonds. The van der Waals surface area contributed by atoms with E-state index in [1.54, 1.807) is 12.1 Å². The summed E-state index contributed by atoms with van der Waals surface area (Å²) in [6.07, 6.45) is 2.29. The minimum atomic E-state index is -0.267. The molecule has 2 aromatic rings. The first-order chi connectivity index (χ1) is 11.7. The van der Waals surface area contributed by atoms with Crippen molar-refractivity contribution < 1.29 is 9.18 Å². The van der Waals surface area contributed by atoms with Gasteiger partial charge in [-0.2, -0.15) is 0 Å². The zero-order chi connectivity index (χ0) is 16.5. The zero-order valence-corrected chi connectivity index (χ0v) is 13.4. The second kappa shape index (κ2) is 6.15. The highest BCUT2D eigenvalue weighted by atomic mass is 19.1. The van der Waals surface area contributed by atoms with Crippen LogP contribution in [0.5, 0.6) is 0 Å². The van der Waals surface area contributed by atoms with E-state index in [2.05, 4.69) is 16.3 Å². The summed E-state index contributed by atoms with van der Waals surface area (Å²) < 4.78 is 13.0. The zero-order valence-electron chi connectivity index (χ0n) is 13.4. The average molecular weight is 325 g/mol. The van der Waals surface area contributed by atoms with Gasteiger partial charge in [0.15, 0.2) is 0 Å². The van der Waals surface area contributed by atoms with Gasteiger partial charge in [-0.15, -0.1) is 0 Å². The van der Waals surface area contributed by atoms with Crippen LogP contribution in [0.1, 0.15) is 18.4 Å². The van der Waals surface area contributed by atoms with E-state index in [4.69, 9.17) is 0 Å². The van der Waals surface area contributed by atoms with Gasteiger partial charge in [0.25, 0.3) is 0 Å². The van der Waals surface area contributed by atoms with Gasteiger partial charge in [-0.3, -0.25) is 4.90 Å². The molecule has 4 nitrogen and oxygen atoms in total. The number of anilines is 2. The van der Waals surface area contributed by atoms with Crippen LogP contribution in [-0.4, -0.2) is 25.2 Å². The van der Waals surface area contributed by atoms with Crippen LogP contribution in [0, 0.1) is 5.82 Å². The average Bonchev–Trinajstić information content (AvgIpc) is 3.09. The third-order valence-corrected chi connectivity index (χ3v) is 4.85. The first kappa shape index (κ1) is 15.0. The number of urea groups is 1. The molecule has 124 valence electrons. The number of nitrogens with one attached hydrogen (secondary N) is 1. The van der Waals surface area contributed by atoms with Gasteiger partial charge in [0.1, 0.15) is 5.82 Å². The van der Waals surface area contributed by atoms with Gasteiger partial charge in [-0.1, -0.05) is 24.3 Å². The number of amides is 2. The normalized spacial score (nSPS) is 19.0.